The van der Waals surface area contributed by atoms with Crippen LogP contribution in [0.15, 0.2) is 109 Å². The molecule has 4 rings (SSSR count). The van der Waals surface area contributed by atoms with Crippen LogP contribution in [-0.2, 0) is 4.79 Å². The van der Waals surface area contributed by atoms with Gasteiger partial charge in [-0.3, -0.25) is 9.69 Å². The fourth-order valence-corrected chi connectivity index (χ4v) is 3.87. The summed E-state index contributed by atoms with van der Waals surface area (Å²) in [5.74, 6) is 1.05. The molecule has 0 spiro atoms. The molecule has 0 saturated heterocycles. The largest absolute Gasteiger partial charge is 0.457 e. The molecule has 37 heavy (non-hydrogen) atoms. The van der Waals surface area contributed by atoms with E-state index < -0.39 is 5.38 Å². The summed E-state index contributed by atoms with van der Waals surface area (Å²) < 4.78 is 5.87. The van der Waals surface area contributed by atoms with E-state index in [-0.39, 0.29) is 25.0 Å². The highest BCUT2D eigenvalue weighted by atomic mass is 35.5. The standard InChI is InChI=1S/C30H28ClN3O3/c1-22-12-14-24(15-13-22)33-30(36)34(21-20-32-29(35)28(31)23-8-4-2-5-9-23)25-16-18-27(19-17-25)37-26-10-6-3-7-11-26/h2-19,28H,20-21H2,1H3,(H,32,35)(H,33,36). The SMILES string of the molecule is Cc1ccc(NC(=O)N(CCNC(=O)C(Cl)c2ccccc2)c2ccc(Oc3ccccc3)cc2)cc1. The van der Waals surface area contributed by atoms with Crippen LogP contribution in [0.5, 0.6) is 11.5 Å². The van der Waals surface area contributed by atoms with Crippen molar-refractivity contribution in [2.45, 2.75) is 12.3 Å². The van der Waals surface area contributed by atoms with Crippen LogP contribution >= 0.6 is 11.6 Å². The first kappa shape index (κ1) is 25.8. The second kappa shape index (κ2) is 12.6. The molecule has 188 valence electrons. The minimum atomic E-state index is -0.814. The lowest BCUT2D eigenvalue weighted by atomic mass is 10.1. The predicted molar refractivity (Wildman–Crippen MR) is 149 cm³/mol. The third-order valence-electron chi connectivity index (χ3n) is 5.63. The number of carbonyl (C=O) groups excluding carboxylic acids is 2. The summed E-state index contributed by atoms with van der Waals surface area (Å²) in [6.45, 7) is 2.44. The van der Waals surface area contributed by atoms with Crippen molar-refractivity contribution in [3.05, 3.63) is 120 Å². The molecule has 7 heteroatoms. The molecule has 6 nitrogen and oxygen atoms in total. The van der Waals surface area contributed by atoms with Gasteiger partial charge in [-0.2, -0.15) is 0 Å². The van der Waals surface area contributed by atoms with Crippen LogP contribution in [0.25, 0.3) is 0 Å². The number of urea groups is 1. The van der Waals surface area contributed by atoms with Crippen molar-refractivity contribution in [1.29, 1.82) is 0 Å². The Hall–Kier alpha value is -4.29. The zero-order valence-corrected chi connectivity index (χ0v) is 21.2. The average Bonchev–Trinajstić information content (AvgIpc) is 2.93. The zero-order valence-electron chi connectivity index (χ0n) is 20.4. The number of carbonyl (C=O) groups is 2. The van der Waals surface area contributed by atoms with E-state index in [2.05, 4.69) is 10.6 Å². The molecule has 0 fully saturated rings. The lowest BCUT2D eigenvalue weighted by molar-refractivity contribution is -0.120. The number of nitrogens with zero attached hydrogens (tertiary/aromatic N) is 1. The number of ether oxygens (including phenoxy) is 1. The van der Waals surface area contributed by atoms with Crippen molar-refractivity contribution in [3.8, 4) is 11.5 Å². The Kier molecular flexibility index (Phi) is 8.79. The maximum Gasteiger partial charge on any atom is 0.326 e. The molecule has 2 N–H and O–H groups in total. The lowest BCUT2D eigenvalue weighted by Gasteiger charge is -2.24. The molecule has 0 heterocycles. The van der Waals surface area contributed by atoms with E-state index in [4.69, 9.17) is 16.3 Å². The number of rotatable bonds is 9. The van der Waals surface area contributed by atoms with Gasteiger partial charge in [-0.15, -0.1) is 11.6 Å². The molecule has 0 radical (unpaired) electrons. The molecule has 1 unspecified atom stereocenters. The number of aryl methyl sites for hydroxylation is 1. The average molecular weight is 514 g/mol. The van der Waals surface area contributed by atoms with Gasteiger partial charge < -0.3 is 15.4 Å². The Morgan fingerprint density at radius 3 is 2.05 bits per heavy atom. The van der Waals surface area contributed by atoms with Gasteiger partial charge in [0, 0.05) is 24.5 Å². The van der Waals surface area contributed by atoms with Crippen molar-refractivity contribution >= 4 is 34.9 Å². The van der Waals surface area contributed by atoms with Gasteiger partial charge in [-0.1, -0.05) is 66.2 Å². The minimum absolute atomic E-state index is 0.221. The summed E-state index contributed by atoms with van der Waals surface area (Å²) in [7, 11) is 0. The molecule has 0 aliphatic heterocycles. The molecule has 0 aliphatic rings. The van der Waals surface area contributed by atoms with Gasteiger partial charge in [0.2, 0.25) is 5.91 Å². The normalized spacial score (nSPS) is 11.3. The number of alkyl halides is 1. The maximum absolute atomic E-state index is 13.2. The molecular formula is C30H28ClN3O3. The van der Waals surface area contributed by atoms with Crippen molar-refractivity contribution in [1.82, 2.24) is 5.32 Å². The van der Waals surface area contributed by atoms with Crippen LogP contribution in [0, 0.1) is 6.92 Å². The van der Waals surface area contributed by atoms with E-state index in [9.17, 15) is 9.59 Å². The van der Waals surface area contributed by atoms with Crippen LogP contribution in [0.3, 0.4) is 0 Å². The van der Waals surface area contributed by atoms with E-state index in [1.807, 2.05) is 91.9 Å². The number of para-hydroxylation sites is 1. The minimum Gasteiger partial charge on any atom is -0.457 e. The molecule has 4 aromatic carbocycles. The monoisotopic (exact) mass is 513 g/mol. The Morgan fingerprint density at radius 2 is 1.41 bits per heavy atom. The van der Waals surface area contributed by atoms with E-state index in [1.165, 1.54) is 0 Å². The van der Waals surface area contributed by atoms with Gasteiger partial charge in [0.05, 0.1) is 0 Å². The van der Waals surface area contributed by atoms with Gasteiger partial charge in [-0.05, 0) is 61.0 Å². The number of anilines is 2. The fraction of sp³-hybridized carbons (Fsp3) is 0.133. The third kappa shape index (κ3) is 7.35. The Morgan fingerprint density at radius 1 is 0.811 bits per heavy atom. The molecule has 4 aromatic rings. The second-order valence-electron chi connectivity index (χ2n) is 8.42. The summed E-state index contributed by atoms with van der Waals surface area (Å²) in [4.78, 5) is 27.4. The van der Waals surface area contributed by atoms with Crippen molar-refractivity contribution in [2.24, 2.45) is 0 Å². The highest BCUT2D eigenvalue weighted by Gasteiger charge is 2.20. The number of hydrogen-bond acceptors (Lipinski definition) is 3. The molecule has 0 saturated carbocycles. The Balaban J connectivity index is 1.45. The topological polar surface area (TPSA) is 70.7 Å². The first-order valence-corrected chi connectivity index (χ1v) is 12.4. The zero-order chi connectivity index (χ0) is 26.0. The highest BCUT2D eigenvalue weighted by molar-refractivity contribution is 6.30. The molecular weight excluding hydrogens is 486 g/mol. The van der Waals surface area contributed by atoms with E-state index in [0.717, 1.165) is 11.3 Å². The lowest BCUT2D eigenvalue weighted by Crippen LogP contribution is -2.41. The summed E-state index contributed by atoms with van der Waals surface area (Å²) >= 11 is 6.34. The van der Waals surface area contributed by atoms with Crippen LogP contribution in [0.1, 0.15) is 16.5 Å². The molecule has 0 bridgehead atoms. The summed E-state index contributed by atoms with van der Waals surface area (Å²) in [6.07, 6.45) is 0. The highest BCUT2D eigenvalue weighted by Crippen LogP contribution is 2.25. The second-order valence-corrected chi connectivity index (χ2v) is 8.86. The van der Waals surface area contributed by atoms with Crippen LogP contribution in [-0.4, -0.2) is 25.0 Å². The third-order valence-corrected chi connectivity index (χ3v) is 6.08. The maximum atomic E-state index is 13.2. The van der Waals surface area contributed by atoms with Crippen LogP contribution < -0.4 is 20.3 Å². The number of hydrogen-bond donors (Lipinski definition) is 2. The van der Waals surface area contributed by atoms with Crippen molar-refractivity contribution < 1.29 is 14.3 Å². The van der Waals surface area contributed by atoms with Gasteiger partial charge in [0.1, 0.15) is 16.9 Å². The number of nitrogens with one attached hydrogen (secondary N) is 2. The van der Waals surface area contributed by atoms with Crippen molar-refractivity contribution in [2.75, 3.05) is 23.3 Å². The van der Waals surface area contributed by atoms with Gasteiger partial charge >= 0.3 is 6.03 Å². The number of halogens is 1. The quantitative estimate of drug-likeness (QED) is 0.238. The predicted octanol–water partition coefficient (Wildman–Crippen LogP) is 6.92. The summed E-state index contributed by atoms with van der Waals surface area (Å²) in [5.41, 5.74) is 3.15. The van der Waals surface area contributed by atoms with Gasteiger partial charge in [0.25, 0.3) is 0 Å². The Bertz CT molecular complexity index is 1300. The smallest absolute Gasteiger partial charge is 0.326 e. The van der Waals surface area contributed by atoms with E-state index >= 15 is 0 Å². The fourth-order valence-electron chi connectivity index (χ4n) is 3.65. The molecule has 0 aliphatic carbocycles. The first-order chi connectivity index (χ1) is 18.0. The van der Waals surface area contributed by atoms with Crippen LogP contribution in [0.2, 0.25) is 0 Å². The van der Waals surface area contributed by atoms with E-state index in [1.54, 1.807) is 29.2 Å². The van der Waals surface area contributed by atoms with Crippen molar-refractivity contribution in [3.63, 3.8) is 0 Å². The Labute approximate surface area is 221 Å². The van der Waals surface area contributed by atoms with Gasteiger partial charge in [0.15, 0.2) is 0 Å². The summed E-state index contributed by atoms with van der Waals surface area (Å²) in [6, 6.07) is 33.1. The van der Waals surface area contributed by atoms with E-state index in [0.29, 0.717) is 22.7 Å². The first-order valence-electron chi connectivity index (χ1n) is 11.9. The number of benzene rings is 4. The molecule has 3 amide bonds. The van der Waals surface area contributed by atoms with Gasteiger partial charge in [-0.25, -0.2) is 4.79 Å². The van der Waals surface area contributed by atoms with Crippen LogP contribution in [0.4, 0.5) is 16.2 Å². The molecule has 0 aromatic heterocycles. The summed E-state index contributed by atoms with van der Waals surface area (Å²) in [5, 5.41) is 4.95. The molecule has 1 atom stereocenters. The number of amides is 3.